The van der Waals surface area contributed by atoms with Crippen LogP contribution in [0.25, 0.3) is 22.3 Å². The summed E-state index contributed by atoms with van der Waals surface area (Å²) in [4.78, 5) is 23.4. The van der Waals surface area contributed by atoms with Crippen LogP contribution >= 0.6 is 23.4 Å². The molecule has 53 heavy (non-hydrogen) atoms. The highest BCUT2D eigenvalue weighted by Gasteiger charge is 2.30. The van der Waals surface area contributed by atoms with Gasteiger partial charge in [-0.05, 0) is 121 Å². The van der Waals surface area contributed by atoms with Gasteiger partial charge in [0.15, 0.2) is 0 Å². The number of hydrogen-bond donors (Lipinski definition) is 0. The molecular weight excluding hydrogens is 690 g/mol. The maximum Gasteiger partial charge on any atom is 0.262 e. The third-order valence-corrected chi connectivity index (χ3v) is 11.5. The van der Waals surface area contributed by atoms with Crippen LogP contribution in [0.5, 0.6) is 0 Å². The molecule has 4 nitrogen and oxygen atoms in total. The molecule has 0 spiro atoms. The van der Waals surface area contributed by atoms with Crippen LogP contribution in [0.3, 0.4) is 0 Å². The van der Waals surface area contributed by atoms with Gasteiger partial charge in [0, 0.05) is 57.9 Å². The minimum absolute atomic E-state index is 0.0721. The number of nitrogens with zero attached hydrogens (tertiary/aromatic N) is 3. The van der Waals surface area contributed by atoms with Gasteiger partial charge in [-0.1, -0.05) is 113 Å². The summed E-state index contributed by atoms with van der Waals surface area (Å²) >= 11 is 7.97. The molecule has 0 bridgehead atoms. The van der Waals surface area contributed by atoms with E-state index in [4.69, 9.17) is 11.6 Å². The Bertz CT molecular complexity index is 1810. The summed E-state index contributed by atoms with van der Waals surface area (Å²) < 4.78 is 0. The van der Waals surface area contributed by atoms with Crippen LogP contribution in [0.2, 0.25) is 5.02 Å². The Labute approximate surface area is 327 Å². The summed E-state index contributed by atoms with van der Waals surface area (Å²) in [5.41, 5.74) is 9.58. The molecule has 0 N–H and O–H groups in total. The van der Waals surface area contributed by atoms with Gasteiger partial charge in [-0.2, -0.15) is 0 Å². The van der Waals surface area contributed by atoms with Crippen LogP contribution < -0.4 is 14.7 Å². The third-order valence-electron chi connectivity index (χ3n) is 10.2. The van der Waals surface area contributed by atoms with Gasteiger partial charge < -0.3 is 9.80 Å². The Morgan fingerprint density at radius 3 is 1.28 bits per heavy atom. The number of unbranched alkanes of at least 4 members (excludes halogenated alkanes) is 4. The van der Waals surface area contributed by atoms with Crippen molar-refractivity contribution < 1.29 is 4.79 Å². The largest absolute Gasteiger partial charge is 0.372 e. The van der Waals surface area contributed by atoms with Crippen LogP contribution in [0.4, 0.5) is 22.7 Å². The van der Waals surface area contributed by atoms with Gasteiger partial charge in [0.05, 0.1) is 11.4 Å². The first-order valence-corrected chi connectivity index (χ1v) is 20.9. The summed E-state index contributed by atoms with van der Waals surface area (Å²) in [5.74, 6) is -0.0721. The number of anilines is 4. The van der Waals surface area contributed by atoms with E-state index in [1.807, 2.05) is 17.0 Å². The quantitative estimate of drug-likeness (QED) is 0.0947. The van der Waals surface area contributed by atoms with E-state index in [1.165, 1.54) is 73.9 Å². The van der Waals surface area contributed by atoms with Crippen molar-refractivity contribution in [1.82, 2.24) is 0 Å². The number of benzene rings is 5. The summed E-state index contributed by atoms with van der Waals surface area (Å²) in [5, 5.41) is 0.612. The molecule has 1 amide bonds. The van der Waals surface area contributed by atoms with E-state index in [1.54, 1.807) is 23.9 Å². The standard InChI is InChI=1S/C47H54ClN3OS/c1-5-9-29-49(30-10-6-2)41-23-15-35(16-24-41)38-19-27-43-45(33-38)53-46-34-39(20-28-44(46)51(43)47(52)37-13-21-40(48)22-14-37)36-17-25-42(26-18-36)50(31-11-7-3)32-12-8-4/h13-28,33-34H,5-12,29-32H2,1-4H3. The highest BCUT2D eigenvalue weighted by atomic mass is 35.5. The molecule has 0 aromatic heterocycles. The number of amides is 1. The summed E-state index contributed by atoms with van der Waals surface area (Å²) in [6, 6.07) is 38.2. The van der Waals surface area contributed by atoms with Gasteiger partial charge in [-0.15, -0.1) is 0 Å². The zero-order valence-corrected chi connectivity index (χ0v) is 33.5. The first-order chi connectivity index (χ1) is 25.9. The van der Waals surface area contributed by atoms with Crippen molar-refractivity contribution in [3.8, 4) is 22.3 Å². The highest BCUT2D eigenvalue weighted by Crippen LogP contribution is 2.51. The maximum absolute atomic E-state index is 14.3. The fourth-order valence-electron chi connectivity index (χ4n) is 6.97. The van der Waals surface area contributed by atoms with E-state index < -0.39 is 0 Å². The smallest absolute Gasteiger partial charge is 0.262 e. The molecule has 0 fully saturated rings. The third kappa shape index (κ3) is 9.31. The molecule has 1 heterocycles. The first kappa shape index (κ1) is 38.5. The van der Waals surface area contributed by atoms with Crippen molar-refractivity contribution in [3.63, 3.8) is 0 Å². The zero-order chi connectivity index (χ0) is 37.2. The molecular formula is C47H54ClN3OS. The lowest BCUT2D eigenvalue weighted by Crippen LogP contribution is -2.28. The van der Waals surface area contributed by atoms with E-state index >= 15 is 0 Å². The Morgan fingerprint density at radius 1 is 0.528 bits per heavy atom. The Morgan fingerprint density at radius 2 is 0.906 bits per heavy atom. The average molecular weight is 744 g/mol. The average Bonchev–Trinajstić information content (AvgIpc) is 3.20. The fourth-order valence-corrected chi connectivity index (χ4v) is 8.24. The van der Waals surface area contributed by atoms with E-state index in [-0.39, 0.29) is 5.91 Å². The van der Waals surface area contributed by atoms with Crippen molar-refractivity contribution in [2.45, 2.75) is 88.9 Å². The lowest BCUT2D eigenvalue weighted by molar-refractivity contribution is 0.0998. The molecule has 0 unspecified atom stereocenters. The molecule has 0 saturated heterocycles. The molecule has 5 aromatic rings. The fraction of sp³-hybridized carbons (Fsp3) is 0.340. The number of carbonyl (C=O) groups is 1. The molecule has 276 valence electrons. The van der Waals surface area contributed by atoms with Crippen molar-refractivity contribution in [1.29, 1.82) is 0 Å². The molecule has 0 radical (unpaired) electrons. The van der Waals surface area contributed by atoms with E-state index in [9.17, 15) is 4.79 Å². The van der Waals surface area contributed by atoms with Crippen molar-refractivity contribution in [3.05, 3.63) is 120 Å². The molecule has 1 aliphatic rings. The van der Waals surface area contributed by atoms with Crippen LogP contribution in [-0.4, -0.2) is 32.1 Å². The van der Waals surface area contributed by atoms with Gasteiger partial charge >= 0.3 is 0 Å². The maximum atomic E-state index is 14.3. The first-order valence-electron chi connectivity index (χ1n) is 19.7. The zero-order valence-electron chi connectivity index (χ0n) is 31.9. The summed E-state index contributed by atoms with van der Waals surface area (Å²) in [6.07, 6.45) is 9.57. The predicted octanol–water partition coefficient (Wildman–Crippen LogP) is 13.9. The summed E-state index contributed by atoms with van der Waals surface area (Å²) in [7, 11) is 0. The molecule has 0 atom stereocenters. The lowest BCUT2D eigenvalue weighted by Gasteiger charge is -2.32. The number of hydrogen-bond acceptors (Lipinski definition) is 4. The lowest BCUT2D eigenvalue weighted by atomic mass is 10.0. The second-order valence-electron chi connectivity index (χ2n) is 14.1. The molecule has 1 aliphatic heterocycles. The van der Waals surface area contributed by atoms with Crippen LogP contribution in [0.15, 0.2) is 119 Å². The minimum Gasteiger partial charge on any atom is -0.372 e. The van der Waals surface area contributed by atoms with Gasteiger partial charge in [0.25, 0.3) is 5.91 Å². The molecule has 0 saturated carbocycles. The van der Waals surface area contributed by atoms with E-state index in [2.05, 4.69) is 122 Å². The highest BCUT2D eigenvalue weighted by molar-refractivity contribution is 7.99. The van der Waals surface area contributed by atoms with Crippen LogP contribution in [0, 0.1) is 0 Å². The minimum atomic E-state index is -0.0721. The Kier molecular flexibility index (Phi) is 13.6. The van der Waals surface area contributed by atoms with Gasteiger partial charge in [0.2, 0.25) is 0 Å². The molecule has 0 aliphatic carbocycles. The number of carbonyl (C=O) groups excluding carboxylic acids is 1. The predicted molar refractivity (Wildman–Crippen MR) is 230 cm³/mol. The van der Waals surface area contributed by atoms with Gasteiger partial charge in [0.1, 0.15) is 0 Å². The number of halogens is 1. The molecule has 6 rings (SSSR count). The molecule has 5 aromatic carbocycles. The second kappa shape index (κ2) is 18.7. The van der Waals surface area contributed by atoms with E-state index in [0.29, 0.717) is 10.6 Å². The monoisotopic (exact) mass is 743 g/mol. The van der Waals surface area contributed by atoms with Crippen molar-refractivity contribution >= 4 is 52.0 Å². The normalized spacial score (nSPS) is 12.0. The van der Waals surface area contributed by atoms with Gasteiger partial charge in [-0.25, -0.2) is 0 Å². The second-order valence-corrected chi connectivity index (χ2v) is 15.6. The molecule has 6 heteroatoms. The van der Waals surface area contributed by atoms with Gasteiger partial charge in [-0.3, -0.25) is 9.69 Å². The number of rotatable bonds is 17. The Balaban J connectivity index is 1.33. The van der Waals surface area contributed by atoms with E-state index in [0.717, 1.165) is 58.5 Å². The topological polar surface area (TPSA) is 26.8 Å². The summed E-state index contributed by atoms with van der Waals surface area (Å²) in [6.45, 7) is 13.4. The SMILES string of the molecule is CCCCN(CCCC)c1ccc(-c2ccc3c(c2)Sc2cc(-c4ccc(N(CCCC)CCCC)cc4)ccc2N3C(=O)c2ccc(Cl)cc2)cc1. The van der Waals surface area contributed by atoms with Crippen LogP contribution in [-0.2, 0) is 0 Å². The Hall–Kier alpha value is -4.19. The number of fused-ring (bicyclic) bond motifs is 2. The van der Waals surface area contributed by atoms with Crippen LogP contribution in [0.1, 0.15) is 89.4 Å². The van der Waals surface area contributed by atoms with Crippen molar-refractivity contribution in [2.24, 2.45) is 0 Å². The van der Waals surface area contributed by atoms with Crippen molar-refractivity contribution in [2.75, 3.05) is 40.9 Å².